The summed E-state index contributed by atoms with van der Waals surface area (Å²) in [4.78, 5) is 6.82. The molecule has 0 amide bonds. The lowest BCUT2D eigenvalue weighted by Gasteiger charge is -2.33. The van der Waals surface area contributed by atoms with E-state index in [9.17, 15) is 0 Å². The first-order chi connectivity index (χ1) is 8.99. The van der Waals surface area contributed by atoms with E-state index < -0.39 is 0 Å². The normalized spacial score (nSPS) is 27.0. The van der Waals surface area contributed by atoms with Crippen molar-refractivity contribution < 1.29 is 4.74 Å². The summed E-state index contributed by atoms with van der Waals surface area (Å²) < 4.78 is 5.53. The highest BCUT2D eigenvalue weighted by Crippen LogP contribution is 2.39. The minimum atomic E-state index is 0.255. The summed E-state index contributed by atoms with van der Waals surface area (Å²) in [6, 6.07) is 0. The van der Waals surface area contributed by atoms with Gasteiger partial charge in [0.05, 0.1) is 12.7 Å². The lowest BCUT2D eigenvalue weighted by Crippen LogP contribution is -2.48. The van der Waals surface area contributed by atoms with Crippen LogP contribution in [0.4, 0.5) is 0 Å². The number of nitrogens with zero attached hydrogens (tertiary/aromatic N) is 2. The molecule has 2 N–H and O–H groups in total. The van der Waals surface area contributed by atoms with E-state index in [0.717, 1.165) is 32.2 Å². The van der Waals surface area contributed by atoms with Gasteiger partial charge in [-0.25, -0.2) is 0 Å². The molecule has 0 aromatic heterocycles. The van der Waals surface area contributed by atoms with Crippen LogP contribution < -0.4 is 5.73 Å². The van der Waals surface area contributed by atoms with Gasteiger partial charge in [0.2, 0.25) is 0 Å². The Bertz CT molecular complexity index is 321. The predicted octanol–water partition coefficient (Wildman–Crippen LogP) is 2.24. The van der Waals surface area contributed by atoms with Crippen molar-refractivity contribution in [1.29, 1.82) is 0 Å². The smallest absolute Gasteiger partial charge is 0.191 e. The van der Waals surface area contributed by atoms with Crippen molar-refractivity contribution in [3.05, 3.63) is 0 Å². The molecule has 0 radical (unpaired) electrons. The summed E-state index contributed by atoms with van der Waals surface area (Å²) in [5.41, 5.74) is 6.41. The predicted molar refractivity (Wildman–Crippen MR) is 79.2 cm³/mol. The lowest BCUT2D eigenvalue weighted by molar-refractivity contribution is 0.00521. The molecule has 1 saturated heterocycles. The van der Waals surface area contributed by atoms with Crippen molar-refractivity contribution in [2.24, 2.45) is 22.1 Å². The van der Waals surface area contributed by atoms with Crippen molar-refractivity contribution in [3.8, 4) is 0 Å². The Morgan fingerprint density at radius 3 is 2.68 bits per heavy atom. The number of hydrogen-bond donors (Lipinski definition) is 1. The molecule has 19 heavy (non-hydrogen) atoms. The Morgan fingerprint density at radius 2 is 2.05 bits per heavy atom. The van der Waals surface area contributed by atoms with Gasteiger partial charge in [-0.05, 0) is 31.1 Å². The number of guanidine groups is 1. The standard InChI is InChI=1S/C15H29N3O/c1-12-10-18(8-9-19-12)14(16)17-11-15(2,3)13-6-4-5-7-13/h12-13H,4-11H2,1-3H3,(H2,16,17). The highest BCUT2D eigenvalue weighted by atomic mass is 16.5. The van der Waals surface area contributed by atoms with Crippen LogP contribution in [0.5, 0.6) is 0 Å². The molecule has 4 nitrogen and oxygen atoms in total. The summed E-state index contributed by atoms with van der Waals surface area (Å²) in [6.07, 6.45) is 5.74. The second-order valence-corrected chi connectivity index (χ2v) is 6.77. The van der Waals surface area contributed by atoms with Crippen molar-refractivity contribution in [1.82, 2.24) is 4.90 Å². The molecule has 1 saturated carbocycles. The average Bonchev–Trinajstić information content (AvgIpc) is 2.90. The molecule has 4 heteroatoms. The maximum atomic E-state index is 6.14. The largest absolute Gasteiger partial charge is 0.375 e. The maximum Gasteiger partial charge on any atom is 0.191 e. The van der Waals surface area contributed by atoms with Crippen LogP contribution in [0, 0.1) is 11.3 Å². The zero-order chi connectivity index (χ0) is 13.9. The third-order valence-electron chi connectivity index (χ3n) is 4.67. The van der Waals surface area contributed by atoms with Crippen LogP contribution >= 0.6 is 0 Å². The van der Waals surface area contributed by atoms with Gasteiger partial charge in [-0.2, -0.15) is 0 Å². The van der Waals surface area contributed by atoms with Gasteiger partial charge in [0.25, 0.3) is 0 Å². The second kappa shape index (κ2) is 6.12. The summed E-state index contributed by atoms with van der Waals surface area (Å²) in [5, 5.41) is 0. The molecule has 0 bridgehead atoms. The fourth-order valence-electron chi connectivity index (χ4n) is 3.25. The van der Waals surface area contributed by atoms with Gasteiger partial charge in [-0.1, -0.05) is 26.7 Å². The van der Waals surface area contributed by atoms with Crippen LogP contribution in [0.25, 0.3) is 0 Å². The van der Waals surface area contributed by atoms with Gasteiger partial charge in [0.1, 0.15) is 0 Å². The molecule has 1 unspecified atom stereocenters. The van der Waals surface area contributed by atoms with Crippen molar-refractivity contribution in [3.63, 3.8) is 0 Å². The average molecular weight is 267 g/mol. The Morgan fingerprint density at radius 1 is 1.37 bits per heavy atom. The molecule has 1 atom stereocenters. The fourth-order valence-corrected chi connectivity index (χ4v) is 3.25. The van der Waals surface area contributed by atoms with Crippen LogP contribution in [0.2, 0.25) is 0 Å². The molecule has 0 aromatic carbocycles. The third-order valence-corrected chi connectivity index (χ3v) is 4.67. The molecule has 1 aliphatic carbocycles. The fraction of sp³-hybridized carbons (Fsp3) is 0.933. The Labute approximate surface area is 117 Å². The van der Waals surface area contributed by atoms with E-state index in [1.165, 1.54) is 25.7 Å². The summed E-state index contributed by atoms with van der Waals surface area (Å²) in [5.74, 6) is 1.51. The minimum absolute atomic E-state index is 0.255. The van der Waals surface area contributed by atoms with Gasteiger partial charge >= 0.3 is 0 Å². The van der Waals surface area contributed by atoms with Crippen molar-refractivity contribution in [2.75, 3.05) is 26.2 Å². The zero-order valence-corrected chi connectivity index (χ0v) is 12.7. The highest BCUT2D eigenvalue weighted by Gasteiger charge is 2.31. The molecular weight excluding hydrogens is 238 g/mol. The van der Waals surface area contributed by atoms with Crippen LogP contribution in [-0.4, -0.2) is 43.2 Å². The number of nitrogens with two attached hydrogens (primary N) is 1. The van der Waals surface area contributed by atoms with Gasteiger partial charge in [-0.3, -0.25) is 4.99 Å². The quantitative estimate of drug-likeness (QED) is 0.630. The Hall–Kier alpha value is -0.770. The second-order valence-electron chi connectivity index (χ2n) is 6.77. The van der Waals surface area contributed by atoms with E-state index in [1.807, 2.05) is 0 Å². The molecule has 1 heterocycles. The number of hydrogen-bond acceptors (Lipinski definition) is 2. The maximum absolute atomic E-state index is 6.14. The summed E-state index contributed by atoms with van der Waals surface area (Å²) >= 11 is 0. The number of ether oxygens (including phenoxy) is 1. The first-order valence-electron chi connectivity index (χ1n) is 7.65. The first kappa shape index (κ1) is 14.6. The molecular formula is C15H29N3O. The Kier molecular flexibility index (Phi) is 4.71. The molecule has 2 aliphatic rings. The molecule has 0 spiro atoms. The molecule has 2 fully saturated rings. The lowest BCUT2D eigenvalue weighted by atomic mass is 9.78. The number of aliphatic imine (C=N–C) groups is 1. The molecule has 0 aromatic rings. The van der Waals surface area contributed by atoms with Crippen LogP contribution in [0.15, 0.2) is 4.99 Å². The zero-order valence-electron chi connectivity index (χ0n) is 12.7. The van der Waals surface area contributed by atoms with E-state index in [1.54, 1.807) is 0 Å². The van der Waals surface area contributed by atoms with E-state index in [4.69, 9.17) is 10.5 Å². The third kappa shape index (κ3) is 3.85. The first-order valence-corrected chi connectivity index (χ1v) is 7.65. The van der Waals surface area contributed by atoms with Crippen molar-refractivity contribution in [2.45, 2.75) is 52.6 Å². The van der Waals surface area contributed by atoms with E-state index >= 15 is 0 Å². The van der Waals surface area contributed by atoms with E-state index in [2.05, 4.69) is 30.7 Å². The highest BCUT2D eigenvalue weighted by molar-refractivity contribution is 5.78. The van der Waals surface area contributed by atoms with Gasteiger partial charge < -0.3 is 15.4 Å². The minimum Gasteiger partial charge on any atom is -0.375 e. The SMILES string of the molecule is CC1CN(C(N)=NCC(C)(C)C2CCCC2)CCO1. The number of rotatable bonds is 3. The van der Waals surface area contributed by atoms with Gasteiger partial charge in [0.15, 0.2) is 5.96 Å². The molecule has 2 rings (SSSR count). The Balaban J connectivity index is 1.89. The summed E-state index contributed by atoms with van der Waals surface area (Å²) in [7, 11) is 0. The van der Waals surface area contributed by atoms with Gasteiger partial charge in [-0.15, -0.1) is 0 Å². The topological polar surface area (TPSA) is 50.8 Å². The van der Waals surface area contributed by atoms with Crippen LogP contribution in [0.3, 0.4) is 0 Å². The van der Waals surface area contributed by atoms with Gasteiger partial charge in [0, 0.05) is 19.6 Å². The molecule has 1 aliphatic heterocycles. The molecule has 110 valence electrons. The van der Waals surface area contributed by atoms with E-state index in [0.29, 0.717) is 5.96 Å². The number of morpholine rings is 1. The van der Waals surface area contributed by atoms with Crippen LogP contribution in [-0.2, 0) is 4.74 Å². The monoisotopic (exact) mass is 267 g/mol. The van der Waals surface area contributed by atoms with E-state index in [-0.39, 0.29) is 11.5 Å². The summed E-state index contributed by atoms with van der Waals surface area (Å²) in [6.45, 7) is 10.1. The van der Waals surface area contributed by atoms with Crippen LogP contribution in [0.1, 0.15) is 46.5 Å². The van der Waals surface area contributed by atoms with Crippen molar-refractivity contribution >= 4 is 5.96 Å².